The molecule has 9 nitrogen and oxygen atoms in total. The van der Waals surface area contributed by atoms with Crippen molar-refractivity contribution in [3.05, 3.63) is 32.7 Å². The summed E-state index contributed by atoms with van der Waals surface area (Å²) >= 11 is 7.77. The molecule has 2 fully saturated rings. The Kier molecular flexibility index (Phi) is 6.00. The van der Waals surface area contributed by atoms with E-state index in [9.17, 15) is 24.3 Å². The number of benzene rings is 1. The monoisotopic (exact) mass is 563 g/mol. The van der Waals surface area contributed by atoms with Gasteiger partial charge in [-0.25, -0.2) is 9.59 Å². The number of fused-ring (bicyclic) bond motifs is 1. The fraction of sp³-hybridized carbons (Fsp3) is 0.444. The lowest BCUT2D eigenvalue weighted by molar-refractivity contribution is -0.180. The molecule has 2 aliphatic rings. The molecule has 0 spiro atoms. The van der Waals surface area contributed by atoms with Crippen molar-refractivity contribution >= 4 is 67.4 Å². The number of methoxy groups -OCH3 is 1. The molecule has 12 heteroatoms. The molecule has 1 aromatic rings. The fourth-order valence-corrected chi connectivity index (χ4v) is 6.72. The van der Waals surface area contributed by atoms with Crippen LogP contribution in [0, 0.1) is 0 Å². The average Bonchev–Trinajstić information content (AvgIpc) is 2.93. The van der Waals surface area contributed by atoms with Crippen LogP contribution in [0.5, 0.6) is 0 Å². The number of esters is 1. The summed E-state index contributed by atoms with van der Waals surface area (Å²) in [6, 6.07) is 2.70. The molecule has 2 aliphatic heterocycles. The molecular formula is C18H19Br2N3O6S. The highest BCUT2D eigenvalue weighted by atomic mass is 79.9. The summed E-state index contributed by atoms with van der Waals surface area (Å²) in [5, 5.41) is 11.1. The molecule has 2 amide bonds. The van der Waals surface area contributed by atoms with Crippen LogP contribution in [-0.2, 0) is 23.9 Å². The van der Waals surface area contributed by atoms with Crippen LogP contribution in [0.2, 0.25) is 0 Å². The molecule has 1 unspecified atom stereocenters. The first-order valence-corrected chi connectivity index (χ1v) is 11.2. The predicted molar refractivity (Wildman–Crippen MR) is 115 cm³/mol. The number of amides is 2. The highest BCUT2D eigenvalue weighted by molar-refractivity contribution is 9.11. The number of hydrogen-bond donors (Lipinski definition) is 3. The van der Waals surface area contributed by atoms with Gasteiger partial charge in [0, 0.05) is 13.7 Å². The summed E-state index contributed by atoms with van der Waals surface area (Å²) in [7, 11) is 1.09. The number of hydrogen-bond acceptors (Lipinski definition) is 7. The number of halogens is 2. The van der Waals surface area contributed by atoms with Gasteiger partial charge in [-0.2, -0.15) is 0 Å². The third-order valence-corrected chi connectivity index (χ3v) is 8.00. The molecular weight excluding hydrogens is 546 g/mol. The summed E-state index contributed by atoms with van der Waals surface area (Å²) in [4.78, 5) is 51.5. The maximum Gasteiger partial charge on any atom is 0.344 e. The Labute approximate surface area is 193 Å². The standard InChI is InChI=1S/C18H19Br2N3O6S/c1-17(2)11(13(25)26)23-14(27)18(15(23)30-17,16(28)29-3)22-12(24)10(21)8-5-4-7(19)6-9(8)20/h4-6,10-11,15H,21H2,1-3H3,(H,22,24)(H,25,26)/t10?,11-,15+,18-/m0/s1. The molecule has 0 radical (unpaired) electrons. The number of nitrogens with zero attached hydrogens (tertiary/aromatic N) is 1. The van der Waals surface area contributed by atoms with E-state index in [0.717, 1.165) is 28.2 Å². The zero-order valence-electron chi connectivity index (χ0n) is 16.1. The number of carbonyl (C=O) groups is 4. The quantitative estimate of drug-likeness (QED) is 0.277. The second-order valence-electron chi connectivity index (χ2n) is 7.46. The molecule has 1 aromatic carbocycles. The summed E-state index contributed by atoms with van der Waals surface area (Å²) in [6.45, 7) is 3.33. The second-order valence-corrected chi connectivity index (χ2v) is 11.0. The Balaban J connectivity index is 1.95. The first-order chi connectivity index (χ1) is 13.9. The van der Waals surface area contributed by atoms with Crippen LogP contribution < -0.4 is 11.1 Å². The van der Waals surface area contributed by atoms with Crippen LogP contribution in [0.15, 0.2) is 27.1 Å². The van der Waals surface area contributed by atoms with E-state index < -0.39 is 51.5 Å². The third-order valence-electron chi connectivity index (χ3n) is 5.19. The number of carboxylic acid groups (broad SMARTS) is 1. The SMILES string of the molecule is COC(=O)[C@]1(NC(=O)C(N)c2ccc(Br)cc2Br)C(=O)N2[C@@H](C(=O)O)C(C)(C)S[C@@H]21. The normalized spacial score (nSPS) is 27.7. The lowest BCUT2D eigenvalue weighted by atomic mass is 9.84. The van der Waals surface area contributed by atoms with E-state index in [0.29, 0.717) is 10.0 Å². The number of nitrogens with two attached hydrogens (primary N) is 1. The lowest BCUT2D eigenvalue weighted by Gasteiger charge is -2.50. The molecule has 0 aromatic heterocycles. The van der Waals surface area contributed by atoms with Gasteiger partial charge in [0.15, 0.2) is 0 Å². The van der Waals surface area contributed by atoms with E-state index in [1.54, 1.807) is 32.0 Å². The highest BCUT2D eigenvalue weighted by Gasteiger charge is 2.76. The van der Waals surface area contributed by atoms with Crippen molar-refractivity contribution in [3.63, 3.8) is 0 Å². The summed E-state index contributed by atoms with van der Waals surface area (Å²) in [5.74, 6) is -3.77. The molecule has 0 aliphatic carbocycles. The van der Waals surface area contributed by atoms with E-state index >= 15 is 0 Å². The number of ether oxygens (including phenoxy) is 1. The molecule has 0 saturated carbocycles. The molecule has 2 heterocycles. The topological polar surface area (TPSA) is 139 Å². The summed E-state index contributed by atoms with van der Waals surface area (Å²) in [6.07, 6.45) is 0. The molecule has 0 bridgehead atoms. The van der Waals surface area contributed by atoms with E-state index in [4.69, 9.17) is 10.5 Å². The Morgan fingerprint density at radius 2 is 1.97 bits per heavy atom. The Morgan fingerprint density at radius 1 is 1.33 bits per heavy atom. The minimum absolute atomic E-state index is 0.446. The number of carbonyl (C=O) groups excluding carboxylic acids is 3. The van der Waals surface area contributed by atoms with Crippen LogP contribution in [0.4, 0.5) is 0 Å². The molecule has 2 saturated heterocycles. The van der Waals surface area contributed by atoms with Crippen molar-refractivity contribution in [2.75, 3.05) is 7.11 Å². The van der Waals surface area contributed by atoms with Gasteiger partial charge >= 0.3 is 11.9 Å². The van der Waals surface area contributed by atoms with Gasteiger partial charge < -0.3 is 25.8 Å². The van der Waals surface area contributed by atoms with Crippen LogP contribution in [-0.4, -0.2) is 62.6 Å². The molecule has 4 atom stereocenters. The second kappa shape index (κ2) is 7.81. The van der Waals surface area contributed by atoms with Gasteiger partial charge in [-0.15, -0.1) is 11.8 Å². The smallest absolute Gasteiger partial charge is 0.344 e. The van der Waals surface area contributed by atoms with E-state index in [1.165, 1.54) is 0 Å². The number of β-lactam (4-membered cyclic amide) rings is 1. The van der Waals surface area contributed by atoms with E-state index in [1.807, 2.05) is 0 Å². The molecule has 162 valence electrons. The maximum atomic E-state index is 13.1. The van der Waals surface area contributed by atoms with Gasteiger partial charge in [0.05, 0.1) is 7.11 Å². The van der Waals surface area contributed by atoms with Crippen molar-refractivity contribution in [2.45, 2.75) is 41.6 Å². The minimum atomic E-state index is -2.04. The molecule has 3 rings (SSSR count). The number of carboxylic acids is 1. The summed E-state index contributed by atoms with van der Waals surface area (Å²) < 4.78 is 5.26. The zero-order chi connectivity index (χ0) is 22.6. The number of nitrogens with one attached hydrogen (secondary N) is 1. The van der Waals surface area contributed by atoms with Crippen LogP contribution in [0.1, 0.15) is 25.5 Å². The first-order valence-electron chi connectivity index (χ1n) is 8.73. The van der Waals surface area contributed by atoms with Crippen molar-refractivity contribution in [1.82, 2.24) is 10.2 Å². The van der Waals surface area contributed by atoms with Gasteiger partial charge in [0.2, 0.25) is 11.4 Å². The fourth-order valence-electron chi connectivity index (χ4n) is 3.74. The minimum Gasteiger partial charge on any atom is -0.480 e. The van der Waals surface area contributed by atoms with Crippen LogP contribution in [0.25, 0.3) is 0 Å². The number of aliphatic carboxylic acids is 1. The number of rotatable bonds is 5. The van der Waals surface area contributed by atoms with Crippen molar-refractivity contribution in [2.24, 2.45) is 5.73 Å². The number of thioether (sulfide) groups is 1. The first kappa shape index (κ1) is 23.0. The van der Waals surface area contributed by atoms with Crippen LogP contribution >= 0.6 is 43.6 Å². The van der Waals surface area contributed by atoms with Crippen LogP contribution in [0.3, 0.4) is 0 Å². The van der Waals surface area contributed by atoms with Gasteiger partial charge in [0.1, 0.15) is 17.5 Å². The summed E-state index contributed by atoms with van der Waals surface area (Å²) in [5.41, 5.74) is 4.50. The highest BCUT2D eigenvalue weighted by Crippen LogP contribution is 2.55. The van der Waals surface area contributed by atoms with Gasteiger partial charge in [-0.1, -0.05) is 37.9 Å². The van der Waals surface area contributed by atoms with Crippen molar-refractivity contribution in [1.29, 1.82) is 0 Å². The maximum absolute atomic E-state index is 13.1. The average molecular weight is 565 g/mol. The van der Waals surface area contributed by atoms with E-state index in [2.05, 4.69) is 37.2 Å². The van der Waals surface area contributed by atoms with Gasteiger partial charge in [-0.3, -0.25) is 9.59 Å². The Bertz CT molecular complexity index is 958. The predicted octanol–water partition coefficient (Wildman–Crippen LogP) is 1.39. The van der Waals surface area contributed by atoms with Gasteiger partial charge in [-0.05, 0) is 31.5 Å². The van der Waals surface area contributed by atoms with E-state index in [-0.39, 0.29) is 0 Å². The van der Waals surface area contributed by atoms with Crippen molar-refractivity contribution < 1.29 is 29.0 Å². The van der Waals surface area contributed by atoms with Crippen molar-refractivity contribution in [3.8, 4) is 0 Å². The Morgan fingerprint density at radius 3 is 2.50 bits per heavy atom. The van der Waals surface area contributed by atoms with Gasteiger partial charge in [0.25, 0.3) is 5.91 Å². The third kappa shape index (κ3) is 3.33. The molecule has 4 N–H and O–H groups in total. The largest absolute Gasteiger partial charge is 0.480 e. The Hall–Kier alpha value is -1.63. The molecule has 30 heavy (non-hydrogen) atoms. The zero-order valence-corrected chi connectivity index (χ0v) is 20.1. The lowest BCUT2D eigenvalue weighted by Crippen LogP contribution is -2.83.